The second-order valence-corrected chi connectivity index (χ2v) is 6.95. The number of aryl methyl sites for hydroxylation is 2. The lowest BCUT2D eigenvalue weighted by molar-refractivity contribution is -0.126. The van der Waals surface area contributed by atoms with E-state index >= 15 is 0 Å². The Bertz CT molecular complexity index is 608. The van der Waals surface area contributed by atoms with Gasteiger partial charge >= 0.3 is 6.03 Å². The van der Waals surface area contributed by atoms with Crippen molar-refractivity contribution in [3.8, 4) is 0 Å². The van der Waals surface area contributed by atoms with Gasteiger partial charge in [0.1, 0.15) is 0 Å². The van der Waals surface area contributed by atoms with Gasteiger partial charge in [0.05, 0.1) is 18.2 Å². The van der Waals surface area contributed by atoms with E-state index in [2.05, 4.69) is 15.7 Å². The van der Waals surface area contributed by atoms with E-state index in [0.29, 0.717) is 25.7 Å². The van der Waals surface area contributed by atoms with Crippen LogP contribution in [0.3, 0.4) is 0 Å². The average Bonchev–Trinajstić information content (AvgIpc) is 3.31. The molecule has 1 atom stereocenters. The van der Waals surface area contributed by atoms with Crippen molar-refractivity contribution in [2.45, 2.75) is 52.1 Å². The summed E-state index contributed by atoms with van der Waals surface area (Å²) < 4.78 is 1.91. The summed E-state index contributed by atoms with van der Waals surface area (Å²) in [6.07, 6.45) is 3.89. The number of hydrogen-bond donors (Lipinski definition) is 2. The van der Waals surface area contributed by atoms with Gasteiger partial charge in [0.2, 0.25) is 5.91 Å². The smallest absolute Gasteiger partial charge is 0.317 e. The fourth-order valence-electron chi connectivity index (χ4n) is 3.20. The Morgan fingerprint density at radius 1 is 1.29 bits per heavy atom. The average molecular weight is 333 g/mol. The predicted molar refractivity (Wildman–Crippen MR) is 90.6 cm³/mol. The Kier molecular flexibility index (Phi) is 5.06. The van der Waals surface area contributed by atoms with Crippen molar-refractivity contribution in [3.63, 3.8) is 0 Å². The minimum atomic E-state index is -0.107. The largest absolute Gasteiger partial charge is 0.354 e. The molecule has 1 saturated heterocycles. The minimum Gasteiger partial charge on any atom is -0.354 e. The molecule has 0 radical (unpaired) electrons. The van der Waals surface area contributed by atoms with E-state index < -0.39 is 0 Å². The van der Waals surface area contributed by atoms with Crippen LogP contribution in [0.2, 0.25) is 0 Å². The summed E-state index contributed by atoms with van der Waals surface area (Å²) in [5.41, 5.74) is 2.09. The van der Waals surface area contributed by atoms with Crippen LogP contribution in [0.1, 0.15) is 37.1 Å². The molecule has 0 bridgehead atoms. The maximum atomic E-state index is 12.4. The first-order chi connectivity index (χ1) is 11.5. The van der Waals surface area contributed by atoms with Gasteiger partial charge in [-0.3, -0.25) is 9.48 Å². The molecule has 7 heteroatoms. The van der Waals surface area contributed by atoms with Crippen molar-refractivity contribution in [2.24, 2.45) is 5.92 Å². The second-order valence-electron chi connectivity index (χ2n) is 6.95. The van der Waals surface area contributed by atoms with Crippen LogP contribution in [0.25, 0.3) is 0 Å². The topological polar surface area (TPSA) is 79.3 Å². The highest BCUT2D eigenvalue weighted by Gasteiger charge is 2.31. The van der Waals surface area contributed by atoms with E-state index in [0.717, 1.165) is 43.6 Å². The molecule has 2 aliphatic rings. The molecule has 3 rings (SSSR count). The molecule has 3 amide bonds. The number of carbonyl (C=O) groups excluding carboxylic acids is 2. The van der Waals surface area contributed by atoms with Crippen LogP contribution in [0, 0.1) is 19.8 Å². The molecule has 24 heavy (non-hydrogen) atoms. The van der Waals surface area contributed by atoms with Gasteiger partial charge in [0.25, 0.3) is 0 Å². The number of nitrogens with zero attached hydrogens (tertiary/aromatic N) is 3. The van der Waals surface area contributed by atoms with E-state index in [1.807, 2.05) is 24.6 Å². The first-order valence-corrected chi connectivity index (χ1v) is 8.87. The third-order valence-corrected chi connectivity index (χ3v) is 4.71. The first kappa shape index (κ1) is 16.8. The predicted octanol–water partition coefficient (Wildman–Crippen LogP) is 1.20. The van der Waals surface area contributed by atoms with E-state index in [-0.39, 0.29) is 17.9 Å². The molecular formula is C17H27N5O2. The Morgan fingerprint density at radius 3 is 2.75 bits per heavy atom. The van der Waals surface area contributed by atoms with Gasteiger partial charge in [-0.2, -0.15) is 5.10 Å². The number of piperidine rings is 1. The maximum Gasteiger partial charge on any atom is 0.317 e. The number of likely N-dealkylation sites (tertiary alicyclic amines) is 1. The molecule has 132 valence electrons. The highest BCUT2D eigenvalue weighted by Crippen LogP contribution is 2.21. The van der Waals surface area contributed by atoms with Crippen LogP contribution in [0.5, 0.6) is 0 Å². The van der Waals surface area contributed by atoms with Gasteiger partial charge in [-0.1, -0.05) is 0 Å². The lowest BCUT2D eigenvalue weighted by Gasteiger charge is -2.32. The molecule has 1 saturated carbocycles. The van der Waals surface area contributed by atoms with Crippen LogP contribution in [-0.2, 0) is 11.3 Å². The molecule has 2 fully saturated rings. The second kappa shape index (κ2) is 7.23. The van der Waals surface area contributed by atoms with Crippen molar-refractivity contribution in [1.29, 1.82) is 0 Å². The zero-order valence-electron chi connectivity index (χ0n) is 14.5. The molecule has 7 nitrogen and oxygen atoms in total. The van der Waals surface area contributed by atoms with Gasteiger partial charge < -0.3 is 15.5 Å². The van der Waals surface area contributed by atoms with E-state index in [1.54, 1.807) is 4.90 Å². The molecular weight excluding hydrogens is 306 g/mol. The quantitative estimate of drug-likeness (QED) is 0.850. The highest BCUT2D eigenvalue weighted by atomic mass is 16.2. The van der Waals surface area contributed by atoms with Gasteiger partial charge in [-0.25, -0.2) is 4.79 Å². The monoisotopic (exact) mass is 333 g/mol. The summed E-state index contributed by atoms with van der Waals surface area (Å²) in [7, 11) is 0. The standard InChI is InChI=1S/C17H27N5O2/c1-12-10-13(2)22(20-12)9-7-18-16(23)14-4-3-8-21(11-14)17(24)19-15-5-6-15/h10,14-15H,3-9,11H2,1-2H3,(H,18,23)(H,19,24). The van der Waals surface area contributed by atoms with Crippen LogP contribution < -0.4 is 10.6 Å². The molecule has 1 aliphatic heterocycles. The molecule has 1 unspecified atom stereocenters. The SMILES string of the molecule is Cc1cc(C)n(CCNC(=O)C2CCCN(C(=O)NC3CC3)C2)n1. The van der Waals surface area contributed by atoms with Crippen molar-refractivity contribution < 1.29 is 9.59 Å². The van der Waals surface area contributed by atoms with Crippen LogP contribution in [0.15, 0.2) is 6.07 Å². The summed E-state index contributed by atoms with van der Waals surface area (Å²) in [6.45, 7) is 6.47. The number of nitrogens with one attached hydrogen (secondary N) is 2. The van der Waals surface area contributed by atoms with Crippen molar-refractivity contribution in [3.05, 3.63) is 17.5 Å². The van der Waals surface area contributed by atoms with Crippen LogP contribution in [0.4, 0.5) is 4.79 Å². The van der Waals surface area contributed by atoms with Crippen molar-refractivity contribution in [2.75, 3.05) is 19.6 Å². The summed E-state index contributed by atoms with van der Waals surface area (Å²) >= 11 is 0. The number of amides is 3. The van der Waals surface area contributed by atoms with Crippen molar-refractivity contribution in [1.82, 2.24) is 25.3 Å². The Labute approximate surface area is 142 Å². The van der Waals surface area contributed by atoms with Gasteiger partial charge in [0, 0.05) is 31.4 Å². The Balaban J connectivity index is 1.43. The van der Waals surface area contributed by atoms with Crippen molar-refractivity contribution >= 4 is 11.9 Å². The lowest BCUT2D eigenvalue weighted by Crippen LogP contribution is -2.49. The summed E-state index contributed by atoms with van der Waals surface area (Å²) in [4.78, 5) is 26.3. The molecule has 0 aromatic carbocycles. The highest BCUT2D eigenvalue weighted by molar-refractivity contribution is 5.81. The van der Waals surface area contributed by atoms with E-state index in [9.17, 15) is 9.59 Å². The fraction of sp³-hybridized carbons (Fsp3) is 0.706. The summed E-state index contributed by atoms with van der Waals surface area (Å²) in [5.74, 6) is -0.0652. The van der Waals surface area contributed by atoms with E-state index in [4.69, 9.17) is 0 Å². The van der Waals surface area contributed by atoms with E-state index in [1.165, 1.54) is 0 Å². The Morgan fingerprint density at radius 2 is 2.08 bits per heavy atom. The Hall–Kier alpha value is -2.05. The number of aromatic nitrogens is 2. The first-order valence-electron chi connectivity index (χ1n) is 8.87. The summed E-state index contributed by atoms with van der Waals surface area (Å²) in [6, 6.07) is 2.37. The lowest BCUT2D eigenvalue weighted by atomic mass is 9.97. The third-order valence-electron chi connectivity index (χ3n) is 4.71. The number of hydrogen-bond acceptors (Lipinski definition) is 3. The van der Waals surface area contributed by atoms with Gasteiger partial charge in [-0.05, 0) is 45.6 Å². The molecule has 1 aromatic rings. The maximum absolute atomic E-state index is 12.4. The minimum absolute atomic E-state index is 0.0161. The fourth-order valence-corrected chi connectivity index (χ4v) is 3.20. The molecule has 1 aromatic heterocycles. The summed E-state index contributed by atoms with van der Waals surface area (Å²) in [5, 5.41) is 10.4. The zero-order valence-corrected chi connectivity index (χ0v) is 14.5. The third kappa shape index (κ3) is 4.27. The normalized spacial score (nSPS) is 20.8. The van der Waals surface area contributed by atoms with Crippen LogP contribution >= 0.6 is 0 Å². The number of carbonyl (C=O) groups is 2. The number of rotatable bonds is 5. The molecule has 1 aliphatic carbocycles. The van der Waals surface area contributed by atoms with Gasteiger partial charge in [0.15, 0.2) is 0 Å². The molecule has 2 N–H and O–H groups in total. The molecule has 0 spiro atoms. The molecule has 2 heterocycles. The van der Waals surface area contributed by atoms with Gasteiger partial charge in [-0.15, -0.1) is 0 Å². The van der Waals surface area contributed by atoms with Crippen LogP contribution in [-0.4, -0.2) is 52.3 Å². The zero-order chi connectivity index (χ0) is 17.1. The number of urea groups is 1.